The smallest absolute Gasteiger partial charge is 0.252 e. The van der Waals surface area contributed by atoms with E-state index >= 15 is 0 Å². The first-order valence-corrected chi connectivity index (χ1v) is 6.22. The summed E-state index contributed by atoms with van der Waals surface area (Å²) in [6, 6.07) is 13.8. The second-order valence-electron chi connectivity index (χ2n) is 4.55. The number of rotatable bonds is 2. The number of carbonyl (C=O) groups is 3. The first kappa shape index (κ1) is 12.3. The van der Waals surface area contributed by atoms with E-state index in [1.807, 2.05) is 0 Å². The summed E-state index contributed by atoms with van der Waals surface area (Å²) in [6.45, 7) is 0. The van der Waals surface area contributed by atoms with Gasteiger partial charge in [0.2, 0.25) is 0 Å². The first-order valence-electron chi connectivity index (χ1n) is 6.22. The Bertz CT molecular complexity index is 707. The number of benzene rings is 2. The fraction of sp³-hybridized carbons (Fsp3) is 0.0625. The number of amides is 1. The summed E-state index contributed by atoms with van der Waals surface area (Å²) in [4.78, 5) is 36.6. The molecule has 4 heteroatoms. The van der Waals surface area contributed by atoms with E-state index in [4.69, 9.17) is 0 Å². The van der Waals surface area contributed by atoms with Crippen LogP contribution in [0.3, 0.4) is 0 Å². The normalized spacial score (nSPS) is 17.3. The Morgan fingerprint density at radius 3 is 2.15 bits per heavy atom. The number of hydrogen-bond acceptors (Lipinski definition) is 3. The van der Waals surface area contributed by atoms with Gasteiger partial charge >= 0.3 is 0 Å². The van der Waals surface area contributed by atoms with Crippen LogP contribution < -0.4 is 5.32 Å². The Balaban J connectivity index is 2.00. The molecule has 0 saturated carbocycles. The summed E-state index contributed by atoms with van der Waals surface area (Å²) < 4.78 is 0. The Hall–Kier alpha value is -2.75. The lowest BCUT2D eigenvalue weighted by Gasteiger charge is -2.23. The van der Waals surface area contributed by atoms with E-state index in [9.17, 15) is 14.4 Å². The minimum atomic E-state index is -1.14. The first-order chi connectivity index (χ1) is 9.68. The largest absolute Gasteiger partial charge is 0.335 e. The highest BCUT2D eigenvalue weighted by atomic mass is 16.2. The van der Waals surface area contributed by atoms with E-state index in [1.54, 1.807) is 54.6 Å². The number of carbonyl (C=O) groups excluding carboxylic acids is 3. The van der Waals surface area contributed by atoms with E-state index in [-0.39, 0.29) is 5.78 Å². The van der Waals surface area contributed by atoms with Gasteiger partial charge in [-0.05, 0) is 6.07 Å². The number of nitrogens with one attached hydrogen (secondary N) is 1. The van der Waals surface area contributed by atoms with Crippen LogP contribution in [0.5, 0.6) is 0 Å². The van der Waals surface area contributed by atoms with E-state index < -0.39 is 17.7 Å². The second kappa shape index (κ2) is 4.74. The molecule has 0 unspecified atom stereocenters. The molecule has 1 atom stereocenters. The number of Topliss-reactive ketones (excluding diaryl/α,β-unsaturated/α-hetero) is 2. The average Bonchev–Trinajstić information content (AvgIpc) is 2.51. The SMILES string of the molecule is O=C1N[C@H](C(=O)c2ccccc2)C(=O)c2ccccc21. The summed E-state index contributed by atoms with van der Waals surface area (Å²) in [5, 5.41) is 2.48. The van der Waals surface area contributed by atoms with Crippen molar-refractivity contribution < 1.29 is 14.4 Å². The van der Waals surface area contributed by atoms with Crippen molar-refractivity contribution in [1.82, 2.24) is 5.32 Å². The molecule has 0 radical (unpaired) electrons. The van der Waals surface area contributed by atoms with Crippen LogP contribution in [0.25, 0.3) is 0 Å². The third-order valence-corrected chi connectivity index (χ3v) is 3.30. The monoisotopic (exact) mass is 265 g/mol. The predicted octanol–water partition coefficient (Wildman–Crippen LogP) is 1.86. The molecule has 1 aliphatic heterocycles. The third kappa shape index (κ3) is 1.91. The molecule has 0 aromatic heterocycles. The fourth-order valence-corrected chi connectivity index (χ4v) is 2.28. The van der Waals surface area contributed by atoms with Crippen LogP contribution in [0.15, 0.2) is 54.6 Å². The molecule has 2 aromatic rings. The minimum Gasteiger partial charge on any atom is -0.335 e. The highest BCUT2D eigenvalue weighted by Crippen LogP contribution is 2.18. The summed E-state index contributed by atoms with van der Waals surface area (Å²) in [5.74, 6) is -1.15. The average molecular weight is 265 g/mol. The molecule has 0 fully saturated rings. The highest BCUT2D eigenvalue weighted by Gasteiger charge is 2.36. The molecular weight excluding hydrogens is 254 g/mol. The van der Waals surface area contributed by atoms with Gasteiger partial charge in [0.05, 0.1) is 5.56 Å². The standard InChI is InChI=1S/C16H11NO3/c18-14(10-6-2-1-3-7-10)13-15(19)11-8-4-5-9-12(11)16(20)17-13/h1-9,13H,(H,17,20)/t13-/m1/s1. The van der Waals surface area contributed by atoms with Crippen LogP contribution in [0.1, 0.15) is 31.1 Å². The maximum absolute atomic E-state index is 12.3. The molecule has 0 aliphatic carbocycles. The van der Waals surface area contributed by atoms with Gasteiger partial charge in [-0.25, -0.2) is 0 Å². The van der Waals surface area contributed by atoms with Crippen LogP contribution >= 0.6 is 0 Å². The fourth-order valence-electron chi connectivity index (χ4n) is 2.28. The molecule has 0 spiro atoms. The molecule has 1 amide bonds. The zero-order valence-corrected chi connectivity index (χ0v) is 10.5. The van der Waals surface area contributed by atoms with Gasteiger partial charge in [-0.15, -0.1) is 0 Å². The van der Waals surface area contributed by atoms with Crippen LogP contribution in [0.2, 0.25) is 0 Å². The zero-order chi connectivity index (χ0) is 14.1. The van der Waals surface area contributed by atoms with Gasteiger partial charge < -0.3 is 5.32 Å². The number of hydrogen-bond donors (Lipinski definition) is 1. The van der Waals surface area contributed by atoms with E-state index in [0.29, 0.717) is 16.7 Å². The summed E-state index contributed by atoms with van der Waals surface area (Å²) in [6.07, 6.45) is 0. The van der Waals surface area contributed by atoms with Crippen LogP contribution in [-0.2, 0) is 0 Å². The van der Waals surface area contributed by atoms with Crippen LogP contribution in [0.4, 0.5) is 0 Å². The summed E-state index contributed by atoms with van der Waals surface area (Å²) >= 11 is 0. The molecule has 1 N–H and O–H groups in total. The highest BCUT2D eigenvalue weighted by molar-refractivity contribution is 6.26. The Kier molecular flexibility index (Phi) is 2.91. The van der Waals surface area contributed by atoms with Crippen LogP contribution in [-0.4, -0.2) is 23.5 Å². The third-order valence-electron chi connectivity index (χ3n) is 3.30. The van der Waals surface area contributed by atoms with Gasteiger partial charge in [0.25, 0.3) is 5.91 Å². The van der Waals surface area contributed by atoms with Crippen molar-refractivity contribution in [2.75, 3.05) is 0 Å². The lowest BCUT2D eigenvalue weighted by molar-refractivity contribution is 0.0760. The predicted molar refractivity (Wildman–Crippen MR) is 72.8 cm³/mol. The topological polar surface area (TPSA) is 63.2 Å². The molecule has 3 rings (SSSR count). The maximum atomic E-state index is 12.3. The second-order valence-corrected chi connectivity index (χ2v) is 4.55. The molecule has 2 aromatic carbocycles. The maximum Gasteiger partial charge on any atom is 0.252 e. The van der Waals surface area contributed by atoms with E-state index in [2.05, 4.69) is 5.32 Å². The molecule has 1 aliphatic rings. The molecule has 4 nitrogen and oxygen atoms in total. The zero-order valence-electron chi connectivity index (χ0n) is 10.5. The minimum absolute atomic E-state index is 0.297. The Morgan fingerprint density at radius 1 is 0.850 bits per heavy atom. The van der Waals surface area contributed by atoms with Crippen molar-refractivity contribution in [2.24, 2.45) is 0 Å². The van der Waals surface area contributed by atoms with Crippen molar-refractivity contribution in [3.63, 3.8) is 0 Å². The molecule has 1 heterocycles. The van der Waals surface area contributed by atoms with Crippen molar-refractivity contribution >= 4 is 17.5 Å². The van der Waals surface area contributed by atoms with Crippen molar-refractivity contribution in [3.05, 3.63) is 71.3 Å². The van der Waals surface area contributed by atoms with Crippen molar-refractivity contribution in [3.8, 4) is 0 Å². The van der Waals surface area contributed by atoms with Crippen LogP contribution in [0, 0.1) is 0 Å². The number of ketones is 2. The molecule has 20 heavy (non-hydrogen) atoms. The van der Waals surface area contributed by atoms with Gasteiger partial charge in [-0.1, -0.05) is 48.5 Å². The summed E-state index contributed by atoms with van der Waals surface area (Å²) in [5.41, 5.74) is 1.02. The van der Waals surface area contributed by atoms with Gasteiger partial charge in [0, 0.05) is 11.1 Å². The molecule has 98 valence electrons. The van der Waals surface area contributed by atoms with Gasteiger partial charge in [0.15, 0.2) is 17.6 Å². The molecule has 0 bridgehead atoms. The van der Waals surface area contributed by atoms with E-state index in [1.165, 1.54) is 0 Å². The van der Waals surface area contributed by atoms with Gasteiger partial charge in [-0.2, -0.15) is 0 Å². The lowest BCUT2D eigenvalue weighted by atomic mass is 9.90. The Morgan fingerprint density at radius 2 is 1.45 bits per heavy atom. The Labute approximate surface area is 115 Å². The molecule has 0 saturated heterocycles. The van der Waals surface area contributed by atoms with E-state index in [0.717, 1.165) is 0 Å². The quantitative estimate of drug-likeness (QED) is 0.666. The summed E-state index contributed by atoms with van der Waals surface area (Å²) in [7, 11) is 0. The van der Waals surface area contributed by atoms with Crippen molar-refractivity contribution in [1.29, 1.82) is 0 Å². The van der Waals surface area contributed by atoms with Crippen molar-refractivity contribution in [2.45, 2.75) is 6.04 Å². The van der Waals surface area contributed by atoms with Gasteiger partial charge in [-0.3, -0.25) is 14.4 Å². The van der Waals surface area contributed by atoms with Gasteiger partial charge in [0.1, 0.15) is 0 Å². The number of fused-ring (bicyclic) bond motifs is 1. The molecular formula is C16H11NO3. The lowest BCUT2D eigenvalue weighted by Crippen LogP contribution is -2.50.